The van der Waals surface area contributed by atoms with Crippen LogP contribution in [0.3, 0.4) is 0 Å². The minimum absolute atomic E-state index is 0.532. The average Bonchev–Trinajstić information content (AvgIpc) is 2.41. The Kier molecular flexibility index (Phi) is 5.63. The second-order valence-electron chi connectivity index (χ2n) is 4.66. The molecule has 106 valence electrons. The van der Waals surface area contributed by atoms with Crippen molar-refractivity contribution in [3.63, 3.8) is 0 Å². The molecule has 0 spiro atoms. The number of hydrogen-bond acceptors (Lipinski definition) is 4. The minimum atomic E-state index is -0.532. The van der Waals surface area contributed by atoms with E-state index in [0.29, 0.717) is 6.61 Å². The molecule has 1 unspecified atom stereocenters. The first kappa shape index (κ1) is 14.8. The van der Waals surface area contributed by atoms with Crippen molar-refractivity contribution in [3.8, 4) is 5.75 Å². The van der Waals surface area contributed by atoms with Crippen LogP contribution in [0.1, 0.15) is 18.6 Å². The predicted molar refractivity (Wildman–Crippen MR) is 77.5 cm³/mol. The molecule has 1 heterocycles. The fourth-order valence-corrected chi connectivity index (χ4v) is 2.47. The van der Waals surface area contributed by atoms with Crippen molar-refractivity contribution in [2.45, 2.75) is 13.0 Å². The summed E-state index contributed by atoms with van der Waals surface area (Å²) in [6.45, 7) is 6.80. The number of ether oxygens (including phenoxy) is 2. The zero-order valence-corrected chi connectivity index (χ0v) is 12.7. The van der Waals surface area contributed by atoms with Crippen LogP contribution in [0.15, 0.2) is 22.7 Å². The van der Waals surface area contributed by atoms with E-state index < -0.39 is 6.10 Å². The molecule has 1 aliphatic heterocycles. The molecule has 1 aromatic carbocycles. The van der Waals surface area contributed by atoms with Crippen LogP contribution in [0, 0.1) is 0 Å². The molecular formula is C14H20BrNO3. The average molecular weight is 330 g/mol. The van der Waals surface area contributed by atoms with Crippen LogP contribution < -0.4 is 4.74 Å². The van der Waals surface area contributed by atoms with Crippen molar-refractivity contribution in [2.75, 3.05) is 39.5 Å². The van der Waals surface area contributed by atoms with E-state index in [4.69, 9.17) is 9.47 Å². The lowest BCUT2D eigenvalue weighted by atomic mass is 10.1. The van der Waals surface area contributed by atoms with Gasteiger partial charge in [0.25, 0.3) is 0 Å². The van der Waals surface area contributed by atoms with Crippen molar-refractivity contribution in [1.29, 1.82) is 0 Å². The van der Waals surface area contributed by atoms with Gasteiger partial charge in [-0.1, -0.05) is 15.9 Å². The Morgan fingerprint density at radius 2 is 2.16 bits per heavy atom. The third kappa shape index (κ3) is 4.45. The highest BCUT2D eigenvalue weighted by Gasteiger charge is 2.12. The Morgan fingerprint density at radius 3 is 2.84 bits per heavy atom. The van der Waals surface area contributed by atoms with E-state index in [-0.39, 0.29) is 0 Å². The Hall–Kier alpha value is -0.620. The maximum atomic E-state index is 9.75. The van der Waals surface area contributed by atoms with Gasteiger partial charge in [0.05, 0.1) is 19.3 Å². The second kappa shape index (κ2) is 7.24. The van der Waals surface area contributed by atoms with Crippen LogP contribution in [0.4, 0.5) is 0 Å². The summed E-state index contributed by atoms with van der Waals surface area (Å²) in [4.78, 5) is 2.32. The molecule has 0 aliphatic carbocycles. The van der Waals surface area contributed by atoms with Gasteiger partial charge in [-0.05, 0) is 25.1 Å². The van der Waals surface area contributed by atoms with Gasteiger partial charge < -0.3 is 14.6 Å². The van der Waals surface area contributed by atoms with E-state index >= 15 is 0 Å². The first-order valence-corrected chi connectivity index (χ1v) is 7.36. The standard InChI is InChI=1S/C14H20BrNO3/c1-11(17)13-10-12(15)2-3-14(13)19-9-6-16-4-7-18-8-5-16/h2-3,10-11,17H,4-9H2,1H3. The summed E-state index contributed by atoms with van der Waals surface area (Å²) >= 11 is 3.41. The maximum Gasteiger partial charge on any atom is 0.125 e. The number of nitrogens with zero attached hydrogens (tertiary/aromatic N) is 1. The van der Waals surface area contributed by atoms with Crippen LogP contribution in [0.25, 0.3) is 0 Å². The largest absolute Gasteiger partial charge is 0.492 e. The summed E-state index contributed by atoms with van der Waals surface area (Å²) < 4.78 is 12.0. The quantitative estimate of drug-likeness (QED) is 0.899. The molecule has 1 atom stereocenters. The third-order valence-corrected chi connectivity index (χ3v) is 3.68. The Balaban J connectivity index is 1.88. The number of benzene rings is 1. The molecule has 4 nitrogen and oxygen atoms in total. The maximum absolute atomic E-state index is 9.75. The van der Waals surface area contributed by atoms with Gasteiger partial charge in [-0.25, -0.2) is 0 Å². The Labute approximate surface area is 122 Å². The molecule has 0 aromatic heterocycles. The normalized spacial score (nSPS) is 18.3. The SMILES string of the molecule is CC(O)c1cc(Br)ccc1OCCN1CCOCC1. The highest BCUT2D eigenvalue weighted by atomic mass is 79.9. The number of aliphatic hydroxyl groups is 1. The molecule has 2 rings (SSSR count). The van der Waals surface area contributed by atoms with E-state index in [1.807, 2.05) is 18.2 Å². The molecule has 5 heteroatoms. The summed E-state index contributed by atoms with van der Waals surface area (Å²) in [6, 6.07) is 5.72. The lowest BCUT2D eigenvalue weighted by Gasteiger charge is -2.26. The van der Waals surface area contributed by atoms with Gasteiger partial charge in [0.2, 0.25) is 0 Å². The van der Waals surface area contributed by atoms with E-state index in [2.05, 4.69) is 20.8 Å². The van der Waals surface area contributed by atoms with Crippen LogP contribution >= 0.6 is 15.9 Å². The molecule has 0 saturated carbocycles. The molecule has 1 aliphatic rings. The van der Waals surface area contributed by atoms with Gasteiger partial charge in [0.1, 0.15) is 12.4 Å². The summed E-state index contributed by atoms with van der Waals surface area (Å²) in [7, 11) is 0. The van der Waals surface area contributed by atoms with E-state index in [1.165, 1.54) is 0 Å². The van der Waals surface area contributed by atoms with Crippen molar-refractivity contribution < 1.29 is 14.6 Å². The Morgan fingerprint density at radius 1 is 1.42 bits per heavy atom. The van der Waals surface area contributed by atoms with Crippen LogP contribution in [-0.4, -0.2) is 49.5 Å². The van der Waals surface area contributed by atoms with E-state index in [9.17, 15) is 5.11 Å². The number of morpholine rings is 1. The number of halogens is 1. The first-order chi connectivity index (χ1) is 9.16. The summed E-state index contributed by atoms with van der Waals surface area (Å²) in [5.41, 5.74) is 0.816. The minimum Gasteiger partial charge on any atom is -0.492 e. The van der Waals surface area contributed by atoms with E-state index in [1.54, 1.807) is 6.92 Å². The fraction of sp³-hybridized carbons (Fsp3) is 0.571. The number of aliphatic hydroxyl groups excluding tert-OH is 1. The highest BCUT2D eigenvalue weighted by molar-refractivity contribution is 9.10. The summed E-state index contributed by atoms with van der Waals surface area (Å²) in [6.07, 6.45) is -0.532. The lowest BCUT2D eigenvalue weighted by molar-refractivity contribution is 0.0320. The smallest absolute Gasteiger partial charge is 0.125 e. The molecule has 1 fully saturated rings. The number of hydrogen-bond donors (Lipinski definition) is 1. The second-order valence-corrected chi connectivity index (χ2v) is 5.58. The highest BCUT2D eigenvalue weighted by Crippen LogP contribution is 2.28. The van der Waals surface area contributed by atoms with Crippen molar-refractivity contribution in [2.24, 2.45) is 0 Å². The van der Waals surface area contributed by atoms with Crippen molar-refractivity contribution in [3.05, 3.63) is 28.2 Å². The number of rotatable bonds is 5. The van der Waals surface area contributed by atoms with Gasteiger partial charge in [0.15, 0.2) is 0 Å². The first-order valence-electron chi connectivity index (χ1n) is 6.57. The van der Waals surface area contributed by atoms with Gasteiger partial charge in [-0.15, -0.1) is 0 Å². The van der Waals surface area contributed by atoms with Gasteiger partial charge in [0, 0.05) is 29.7 Å². The zero-order chi connectivity index (χ0) is 13.7. The van der Waals surface area contributed by atoms with E-state index in [0.717, 1.165) is 48.6 Å². The molecule has 0 amide bonds. The topological polar surface area (TPSA) is 41.9 Å². The fourth-order valence-electron chi connectivity index (χ4n) is 2.09. The monoisotopic (exact) mass is 329 g/mol. The van der Waals surface area contributed by atoms with Gasteiger partial charge >= 0.3 is 0 Å². The molecule has 19 heavy (non-hydrogen) atoms. The van der Waals surface area contributed by atoms with Crippen molar-refractivity contribution in [1.82, 2.24) is 4.90 Å². The summed E-state index contributed by atoms with van der Waals surface area (Å²) in [5, 5.41) is 9.75. The molecule has 1 aromatic rings. The van der Waals surface area contributed by atoms with Crippen LogP contribution in [-0.2, 0) is 4.74 Å². The molecule has 0 radical (unpaired) electrons. The molecular weight excluding hydrogens is 310 g/mol. The van der Waals surface area contributed by atoms with Gasteiger partial charge in [-0.2, -0.15) is 0 Å². The third-order valence-electron chi connectivity index (χ3n) is 3.19. The molecule has 1 saturated heterocycles. The van der Waals surface area contributed by atoms with Crippen LogP contribution in [0.2, 0.25) is 0 Å². The molecule has 1 N–H and O–H groups in total. The van der Waals surface area contributed by atoms with Crippen molar-refractivity contribution >= 4 is 15.9 Å². The van der Waals surface area contributed by atoms with Gasteiger partial charge in [-0.3, -0.25) is 4.90 Å². The lowest BCUT2D eigenvalue weighted by Crippen LogP contribution is -2.38. The molecule has 0 bridgehead atoms. The van der Waals surface area contributed by atoms with Crippen LogP contribution in [0.5, 0.6) is 5.75 Å². The summed E-state index contributed by atoms with van der Waals surface area (Å²) in [5.74, 6) is 0.756. The zero-order valence-electron chi connectivity index (χ0n) is 11.1. The Bertz CT molecular complexity index is 406. The predicted octanol–water partition coefficient (Wildman–Crippen LogP) is 2.21.